The molecule has 3 rings (SSSR count). The third-order valence-corrected chi connectivity index (χ3v) is 3.64. The lowest BCUT2D eigenvalue weighted by Gasteiger charge is -2.33. The number of carboxylic acids is 1. The fraction of sp³-hybridized carbons (Fsp3) is 0.429. The molecule has 1 saturated heterocycles. The molecule has 1 aromatic heterocycles. The zero-order valence-corrected chi connectivity index (χ0v) is 11.2. The average Bonchev–Trinajstić information content (AvgIpc) is 2.79. The summed E-state index contributed by atoms with van der Waals surface area (Å²) in [6.07, 6.45) is 1.76. The average molecular weight is 276 g/mol. The Hall–Kier alpha value is -2.08. The highest BCUT2D eigenvalue weighted by Crippen LogP contribution is 2.27. The number of nitrogens with one attached hydrogen (secondary N) is 1. The molecule has 1 aliphatic rings. The predicted molar refractivity (Wildman–Crippen MR) is 73.0 cm³/mol. The fourth-order valence-corrected chi connectivity index (χ4v) is 2.32. The molecule has 106 valence electrons. The van der Waals surface area contributed by atoms with Crippen LogP contribution in [0.25, 0.3) is 11.1 Å². The Morgan fingerprint density at radius 2 is 2.15 bits per heavy atom. The fourth-order valence-electron chi connectivity index (χ4n) is 2.32. The summed E-state index contributed by atoms with van der Waals surface area (Å²) in [5.74, 6) is -0.978. The zero-order chi connectivity index (χ0) is 14.2. The van der Waals surface area contributed by atoms with Gasteiger partial charge in [-0.3, -0.25) is 0 Å². The molecule has 0 bridgehead atoms. The van der Waals surface area contributed by atoms with E-state index >= 15 is 0 Å². The van der Waals surface area contributed by atoms with Crippen molar-refractivity contribution in [1.29, 1.82) is 0 Å². The SMILES string of the molecule is CC1(Nc2nc3ccc(C(=O)O)cc3o2)CCOCC1. The molecule has 0 unspecified atom stereocenters. The summed E-state index contributed by atoms with van der Waals surface area (Å²) in [6, 6.07) is 5.08. The van der Waals surface area contributed by atoms with E-state index in [2.05, 4.69) is 17.2 Å². The van der Waals surface area contributed by atoms with Crippen LogP contribution in [0.1, 0.15) is 30.1 Å². The minimum absolute atomic E-state index is 0.102. The number of ether oxygens (including phenoxy) is 1. The van der Waals surface area contributed by atoms with Gasteiger partial charge in [-0.15, -0.1) is 0 Å². The van der Waals surface area contributed by atoms with Gasteiger partial charge in [-0.25, -0.2) is 4.79 Å². The quantitative estimate of drug-likeness (QED) is 0.896. The van der Waals surface area contributed by atoms with Crippen LogP contribution in [-0.4, -0.2) is 34.8 Å². The normalized spacial score (nSPS) is 18.1. The van der Waals surface area contributed by atoms with E-state index in [1.54, 1.807) is 6.07 Å². The van der Waals surface area contributed by atoms with Crippen LogP contribution in [0.2, 0.25) is 0 Å². The largest absolute Gasteiger partial charge is 0.478 e. The lowest BCUT2D eigenvalue weighted by atomic mass is 9.93. The first-order chi connectivity index (χ1) is 9.56. The molecule has 0 atom stereocenters. The van der Waals surface area contributed by atoms with Gasteiger partial charge in [0.05, 0.1) is 5.56 Å². The zero-order valence-electron chi connectivity index (χ0n) is 11.2. The smallest absolute Gasteiger partial charge is 0.335 e. The molecule has 2 N–H and O–H groups in total. The Labute approximate surface area is 115 Å². The molecule has 0 spiro atoms. The number of aromatic carboxylic acids is 1. The molecule has 1 aromatic carbocycles. The highest BCUT2D eigenvalue weighted by Gasteiger charge is 2.28. The van der Waals surface area contributed by atoms with E-state index in [-0.39, 0.29) is 11.1 Å². The van der Waals surface area contributed by atoms with Crippen LogP contribution in [0, 0.1) is 0 Å². The summed E-state index contributed by atoms with van der Waals surface area (Å²) in [5.41, 5.74) is 1.21. The summed E-state index contributed by atoms with van der Waals surface area (Å²) in [4.78, 5) is 15.3. The number of fused-ring (bicyclic) bond motifs is 1. The monoisotopic (exact) mass is 276 g/mol. The molecule has 1 aliphatic heterocycles. The number of anilines is 1. The second kappa shape index (κ2) is 4.79. The van der Waals surface area contributed by atoms with Crippen LogP contribution >= 0.6 is 0 Å². The Morgan fingerprint density at radius 1 is 1.40 bits per heavy atom. The number of oxazole rings is 1. The lowest BCUT2D eigenvalue weighted by Crippen LogP contribution is -2.40. The predicted octanol–water partition coefficient (Wildman–Crippen LogP) is 2.51. The molecule has 1 fully saturated rings. The Morgan fingerprint density at radius 3 is 2.85 bits per heavy atom. The van der Waals surface area contributed by atoms with Crippen LogP contribution in [0.4, 0.5) is 6.01 Å². The maximum atomic E-state index is 10.9. The van der Waals surface area contributed by atoms with Gasteiger partial charge < -0.3 is 19.6 Å². The van der Waals surface area contributed by atoms with Crippen molar-refractivity contribution in [2.24, 2.45) is 0 Å². The van der Waals surface area contributed by atoms with Crippen molar-refractivity contribution in [3.8, 4) is 0 Å². The van der Waals surface area contributed by atoms with Crippen LogP contribution in [0.3, 0.4) is 0 Å². The minimum atomic E-state index is -0.978. The first-order valence-electron chi connectivity index (χ1n) is 6.56. The summed E-state index contributed by atoms with van der Waals surface area (Å²) in [5, 5.41) is 12.3. The number of hydrogen-bond acceptors (Lipinski definition) is 5. The van der Waals surface area contributed by atoms with Crippen LogP contribution in [0.5, 0.6) is 0 Å². The first kappa shape index (κ1) is 12.9. The number of aromatic nitrogens is 1. The number of nitrogens with zero attached hydrogens (tertiary/aromatic N) is 1. The second-order valence-corrected chi connectivity index (χ2v) is 5.30. The Bertz CT molecular complexity index is 644. The summed E-state index contributed by atoms with van der Waals surface area (Å²) < 4.78 is 10.9. The van der Waals surface area contributed by atoms with E-state index in [1.807, 2.05) is 0 Å². The molecule has 20 heavy (non-hydrogen) atoms. The van der Waals surface area contributed by atoms with Crippen molar-refractivity contribution in [1.82, 2.24) is 4.98 Å². The Balaban J connectivity index is 1.87. The molecule has 0 amide bonds. The van der Waals surface area contributed by atoms with Crippen molar-refractivity contribution in [2.45, 2.75) is 25.3 Å². The van der Waals surface area contributed by atoms with E-state index in [0.29, 0.717) is 30.3 Å². The third-order valence-electron chi connectivity index (χ3n) is 3.64. The van der Waals surface area contributed by atoms with Crippen LogP contribution in [-0.2, 0) is 4.74 Å². The van der Waals surface area contributed by atoms with Gasteiger partial charge in [0, 0.05) is 18.8 Å². The minimum Gasteiger partial charge on any atom is -0.478 e. The molecule has 2 aromatic rings. The topological polar surface area (TPSA) is 84.6 Å². The second-order valence-electron chi connectivity index (χ2n) is 5.30. The van der Waals surface area contributed by atoms with Gasteiger partial charge in [-0.2, -0.15) is 4.98 Å². The van der Waals surface area contributed by atoms with Gasteiger partial charge in [-0.1, -0.05) is 0 Å². The molecule has 6 heteroatoms. The van der Waals surface area contributed by atoms with Crippen molar-refractivity contribution in [3.05, 3.63) is 23.8 Å². The van der Waals surface area contributed by atoms with Crippen molar-refractivity contribution in [2.75, 3.05) is 18.5 Å². The van der Waals surface area contributed by atoms with Crippen molar-refractivity contribution in [3.63, 3.8) is 0 Å². The number of carboxylic acid groups (broad SMARTS) is 1. The molecule has 0 saturated carbocycles. The number of hydrogen-bond donors (Lipinski definition) is 2. The standard InChI is InChI=1S/C14H16N2O4/c1-14(4-6-19-7-5-14)16-13-15-10-3-2-9(12(17)18)8-11(10)20-13/h2-3,8H,4-7H2,1H3,(H,15,16)(H,17,18). The lowest BCUT2D eigenvalue weighted by molar-refractivity contribution is 0.0650. The number of rotatable bonds is 3. The maximum Gasteiger partial charge on any atom is 0.335 e. The Kier molecular flexibility index (Phi) is 3.10. The van der Waals surface area contributed by atoms with Crippen LogP contribution in [0.15, 0.2) is 22.6 Å². The summed E-state index contributed by atoms with van der Waals surface area (Å²) in [6.45, 7) is 3.53. The third kappa shape index (κ3) is 2.46. The van der Waals surface area contributed by atoms with Crippen LogP contribution < -0.4 is 5.32 Å². The van der Waals surface area contributed by atoms with E-state index < -0.39 is 5.97 Å². The molecule has 0 aliphatic carbocycles. The van der Waals surface area contributed by atoms with Gasteiger partial charge >= 0.3 is 5.97 Å². The van der Waals surface area contributed by atoms with Gasteiger partial charge in [-0.05, 0) is 38.0 Å². The van der Waals surface area contributed by atoms with Gasteiger partial charge in [0.25, 0.3) is 6.01 Å². The molecular weight excluding hydrogens is 260 g/mol. The van der Waals surface area contributed by atoms with Gasteiger partial charge in [0.15, 0.2) is 5.58 Å². The van der Waals surface area contributed by atoms with E-state index in [9.17, 15) is 4.79 Å². The number of carbonyl (C=O) groups is 1. The van der Waals surface area contributed by atoms with Gasteiger partial charge in [0.2, 0.25) is 0 Å². The van der Waals surface area contributed by atoms with Crippen molar-refractivity contribution >= 4 is 23.1 Å². The summed E-state index contributed by atoms with van der Waals surface area (Å²) >= 11 is 0. The molecular formula is C14H16N2O4. The molecule has 0 radical (unpaired) electrons. The van der Waals surface area contributed by atoms with E-state index in [0.717, 1.165) is 12.8 Å². The highest BCUT2D eigenvalue weighted by atomic mass is 16.5. The number of benzene rings is 1. The molecule has 6 nitrogen and oxygen atoms in total. The summed E-state index contributed by atoms with van der Waals surface area (Å²) in [7, 11) is 0. The van der Waals surface area contributed by atoms with E-state index in [1.165, 1.54) is 12.1 Å². The maximum absolute atomic E-state index is 10.9. The first-order valence-corrected chi connectivity index (χ1v) is 6.56. The van der Waals surface area contributed by atoms with Gasteiger partial charge in [0.1, 0.15) is 5.52 Å². The molecule has 2 heterocycles. The highest BCUT2D eigenvalue weighted by molar-refractivity contribution is 5.92. The van der Waals surface area contributed by atoms with Crippen molar-refractivity contribution < 1.29 is 19.1 Å². The van der Waals surface area contributed by atoms with E-state index in [4.69, 9.17) is 14.3 Å².